The van der Waals surface area contributed by atoms with E-state index in [9.17, 15) is 4.79 Å². The largest absolute Gasteiger partial charge is 0.289 e. The van der Waals surface area contributed by atoms with Crippen LogP contribution in [0.1, 0.15) is 15.9 Å². The SMILES string of the molecule is O=C(/C=C/c1ccc(Cl)cc1)c1ccccc1I. The minimum atomic E-state index is 0.00921. The lowest BCUT2D eigenvalue weighted by Crippen LogP contribution is -1.96. The number of allylic oxidation sites excluding steroid dienone is 1. The van der Waals surface area contributed by atoms with Gasteiger partial charge in [-0.2, -0.15) is 0 Å². The summed E-state index contributed by atoms with van der Waals surface area (Å²) in [5, 5.41) is 0.691. The molecule has 2 aromatic carbocycles. The van der Waals surface area contributed by atoms with Crippen LogP contribution in [0, 0.1) is 3.57 Å². The van der Waals surface area contributed by atoms with Crippen molar-refractivity contribution in [1.29, 1.82) is 0 Å². The Morgan fingerprint density at radius 1 is 1.06 bits per heavy atom. The smallest absolute Gasteiger partial charge is 0.186 e. The first-order valence-corrected chi connectivity index (χ1v) is 6.85. The first-order valence-electron chi connectivity index (χ1n) is 5.39. The van der Waals surface area contributed by atoms with Crippen molar-refractivity contribution in [1.82, 2.24) is 0 Å². The Bertz CT molecular complexity index is 588. The lowest BCUT2D eigenvalue weighted by molar-refractivity contribution is 0.104. The number of carbonyl (C=O) groups is 1. The number of hydrogen-bond acceptors (Lipinski definition) is 1. The molecule has 3 heteroatoms. The molecule has 0 atom stereocenters. The van der Waals surface area contributed by atoms with Crippen LogP contribution in [0.3, 0.4) is 0 Å². The predicted octanol–water partition coefficient (Wildman–Crippen LogP) is 4.84. The minimum Gasteiger partial charge on any atom is -0.289 e. The van der Waals surface area contributed by atoms with Crippen molar-refractivity contribution in [3.05, 3.63) is 74.3 Å². The standard InChI is InChI=1S/C15H10ClIO/c16-12-8-5-11(6-9-12)7-10-15(18)13-3-1-2-4-14(13)17/h1-10H/b10-7+. The van der Waals surface area contributed by atoms with E-state index in [0.29, 0.717) is 5.02 Å². The van der Waals surface area contributed by atoms with E-state index in [1.54, 1.807) is 24.3 Å². The topological polar surface area (TPSA) is 17.1 Å². The second-order valence-electron chi connectivity index (χ2n) is 3.73. The summed E-state index contributed by atoms with van der Waals surface area (Å²) in [6.07, 6.45) is 3.38. The highest BCUT2D eigenvalue weighted by Gasteiger charge is 2.04. The van der Waals surface area contributed by atoms with Crippen molar-refractivity contribution >= 4 is 46.1 Å². The Morgan fingerprint density at radius 2 is 1.72 bits per heavy atom. The van der Waals surface area contributed by atoms with Crippen LogP contribution in [0.2, 0.25) is 5.02 Å². The molecule has 0 saturated carbocycles. The van der Waals surface area contributed by atoms with E-state index in [-0.39, 0.29) is 5.78 Å². The third-order valence-corrected chi connectivity index (χ3v) is 3.63. The molecule has 0 radical (unpaired) electrons. The molecule has 0 aliphatic rings. The Morgan fingerprint density at radius 3 is 2.39 bits per heavy atom. The molecule has 0 aliphatic carbocycles. The van der Waals surface area contributed by atoms with E-state index >= 15 is 0 Å². The fourth-order valence-corrected chi connectivity index (χ4v) is 2.28. The van der Waals surface area contributed by atoms with Gasteiger partial charge in [-0.15, -0.1) is 0 Å². The number of ketones is 1. The summed E-state index contributed by atoms with van der Waals surface area (Å²) < 4.78 is 0.959. The molecule has 0 saturated heterocycles. The molecular weight excluding hydrogens is 359 g/mol. The zero-order valence-electron chi connectivity index (χ0n) is 9.44. The maximum Gasteiger partial charge on any atom is 0.186 e. The Balaban J connectivity index is 2.17. The summed E-state index contributed by atoms with van der Waals surface area (Å²) in [5.74, 6) is 0.00921. The van der Waals surface area contributed by atoms with Gasteiger partial charge < -0.3 is 0 Å². The third kappa shape index (κ3) is 3.43. The Hall–Kier alpha value is -1.13. The molecule has 0 unspecified atom stereocenters. The Kier molecular flexibility index (Phi) is 4.55. The molecule has 18 heavy (non-hydrogen) atoms. The molecule has 0 N–H and O–H groups in total. The van der Waals surface area contributed by atoms with Crippen molar-refractivity contribution in [2.45, 2.75) is 0 Å². The summed E-state index contributed by atoms with van der Waals surface area (Å²) in [4.78, 5) is 12.0. The highest BCUT2D eigenvalue weighted by Crippen LogP contribution is 2.14. The molecule has 90 valence electrons. The summed E-state index contributed by atoms with van der Waals surface area (Å²) in [5.41, 5.74) is 1.68. The fraction of sp³-hybridized carbons (Fsp3) is 0. The number of rotatable bonds is 3. The molecular formula is C15H10ClIO. The number of halogens is 2. The molecule has 0 aliphatic heterocycles. The second kappa shape index (κ2) is 6.16. The van der Waals surface area contributed by atoms with Gasteiger partial charge >= 0.3 is 0 Å². The molecule has 0 aromatic heterocycles. The van der Waals surface area contributed by atoms with Gasteiger partial charge in [0.25, 0.3) is 0 Å². The van der Waals surface area contributed by atoms with Crippen molar-refractivity contribution in [2.75, 3.05) is 0 Å². The van der Waals surface area contributed by atoms with Crippen molar-refractivity contribution in [2.24, 2.45) is 0 Å². The van der Waals surface area contributed by atoms with Gasteiger partial charge in [-0.3, -0.25) is 4.79 Å². The third-order valence-electron chi connectivity index (χ3n) is 2.44. The van der Waals surface area contributed by atoms with E-state index in [4.69, 9.17) is 11.6 Å². The van der Waals surface area contributed by atoms with E-state index in [1.807, 2.05) is 36.4 Å². The normalized spacial score (nSPS) is 10.8. The van der Waals surface area contributed by atoms with Crippen LogP contribution < -0.4 is 0 Å². The Labute approximate surface area is 125 Å². The van der Waals surface area contributed by atoms with Gasteiger partial charge in [0.05, 0.1) is 0 Å². The molecule has 0 spiro atoms. The number of benzene rings is 2. The van der Waals surface area contributed by atoms with Crippen LogP contribution in [0.25, 0.3) is 6.08 Å². The molecule has 2 rings (SSSR count). The maximum atomic E-state index is 12.0. The molecule has 0 amide bonds. The van der Waals surface area contributed by atoms with Crippen molar-refractivity contribution in [3.8, 4) is 0 Å². The van der Waals surface area contributed by atoms with Gasteiger partial charge in [0.2, 0.25) is 0 Å². The zero-order valence-corrected chi connectivity index (χ0v) is 12.4. The van der Waals surface area contributed by atoms with Gasteiger partial charge in [0.1, 0.15) is 0 Å². The maximum absolute atomic E-state index is 12.0. The molecule has 0 fully saturated rings. The molecule has 0 heterocycles. The quantitative estimate of drug-likeness (QED) is 0.430. The highest BCUT2D eigenvalue weighted by atomic mass is 127. The lowest BCUT2D eigenvalue weighted by Gasteiger charge is -1.99. The number of hydrogen-bond donors (Lipinski definition) is 0. The van der Waals surface area contributed by atoms with Crippen LogP contribution >= 0.6 is 34.2 Å². The molecule has 2 aromatic rings. The highest BCUT2D eigenvalue weighted by molar-refractivity contribution is 14.1. The van der Waals surface area contributed by atoms with Gasteiger partial charge in [0.15, 0.2) is 5.78 Å². The zero-order chi connectivity index (χ0) is 13.0. The van der Waals surface area contributed by atoms with Crippen LogP contribution in [0.5, 0.6) is 0 Å². The summed E-state index contributed by atoms with van der Waals surface area (Å²) in [6.45, 7) is 0. The first kappa shape index (κ1) is 13.3. The van der Waals surface area contributed by atoms with Crippen LogP contribution in [-0.2, 0) is 0 Å². The average molecular weight is 369 g/mol. The lowest BCUT2D eigenvalue weighted by atomic mass is 10.1. The molecule has 0 bridgehead atoms. The van der Waals surface area contributed by atoms with Gasteiger partial charge in [0, 0.05) is 14.2 Å². The monoisotopic (exact) mass is 368 g/mol. The van der Waals surface area contributed by atoms with Gasteiger partial charge in [-0.1, -0.05) is 41.9 Å². The first-order chi connectivity index (χ1) is 8.66. The van der Waals surface area contributed by atoms with E-state index < -0.39 is 0 Å². The number of carbonyl (C=O) groups excluding carboxylic acids is 1. The summed E-state index contributed by atoms with van der Waals surface area (Å²) in [6, 6.07) is 14.9. The van der Waals surface area contributed by atoms with Gasteiger partial charge in [-0.05, 0) is 58.5 Å². The molecule has 1 nitrogen and oxygen atoms in total. The predicted molar refractivity (Wildman–Crippen MR) is 84.0 cm³/mol. The van der Waals surface area contributed by atoms with E-state index in [2.05, 4.69) is 22.6 Å². The fourth-order valence-electron chi connectivity index (χ4n) is 1.50. The van der Waals surface area contributed by atoms with E-state index in [0.717, 1.165) is 14.7 Å². The average Bonchev–Trinajstić information content (AvgIpc) is 2.38. The minimum absolute atomic E-state index is 0.00921. The van der Waals surface area contributed by atoms with Gasteiger partial charge in [-0.25, -0.2) is 0 Å². The summed E-state index contributed by atoms with van der Waals surface area (Å²) in [7, 11) is 0. The van der Waals surface area contributed by atoms with Crippen LogP contribution in [-0.4, -0.2) is 5.78 Å². The van der Waals surface area contributed by atoms with E-state index in [1.165, 1.54) is 0 Å². The second-order valence-corrected chi connectivity index (χ2v) is 5.33. The summed E-state index contributed by atoms with van der Waals surface area (Å²) >= 11 is 7.96. The van der Waals surface area contributed by atoms with Crippen LogP contribution in [0.4, 0.5) is 0 Å². The van der Waals surface area contributed by atoms with Crippen molar-refractivity contribution < 1.29 is 4.79 Å². The van der Waals surface area contributed by atoms with Crippen molar-refractivity contribution in [3.63, 3.8) is 0 Å². The van der Waals surface area contributed by atoms with Crippen LogP contribution in [0.15, 0.2) is 54.6 Å².